The Kier molecular flexibility index (Phi) is 6.78. The first-order valence-corrected chi connectivity index (χ1v) is 9.59. The lowest BCUT2D eigenvalue weighted by Gasteiger charge is -1.98. The average Bonchev–Trinajstić information content (AvgIpc) is 3.07. The van der Waals surface area contributed by atoms with Crippen LogP contribution in [0.5, 0.6) is 0 Å². The SMILES string of the molecule is C=C/C=C/C(=C\C=C)C(=O)/C=C/C1=Cc2cc(-c3ccc(C=C)cc3)[nH]c2C=C=C1. The zero-order valence-corrected chi connectivity index (χ0v) is 16.8. The van der Waals surface area contributed by atoms with E-state index in [4.69, 9.17) is 0 Å². The highest BCUT2D eigenvalue weighted by atomic mass is 16.1. The van der Waals surface area contributed by atoms with Gasteiger partial charge in [0.05, 0.1) is 5.69 Å². The minimum Gasteiger partial charge on any atom is -0.354 e. The quantitative estimate of drug-likeness (QED) is 0.298. The number of hydrogen-bond acceptors (Lipinski definition) is 1. The predicted octanol–water partition coefficient (Wildman–Crippen LogP) is 6.87. The highest BCUT2D eigenvalue weighted by Gasteiger charge is 2.08. The number of allylic oxidation sites excluding steroid dienone is 10. The van der Waals surface area contributed by atoms with Gasteiger partial charge in [-0.05, 0) is 41.0 Å². The van der Waals surface area contributed by atoms with Gasteiger partial charge in [0.2, 0.25) is 0 Å². The number of nitrogens with one attached hydrogen (secondary N) is 1. The fraction of sp³-hybridized carbons (Fsp3) is 0. The maximum Gasteiger partial charge on any atom is 0.185 e. The van der Waals surface area contributed by atoms with Crippen LogP contribution in [-0.4, -0.2) is 10.8 Å². The van der Waals surface area contributed by atoms with Crippen molar-refractivity contribution in [1.82, 2.24) is 4.98 Å². The Morgan fingerprint density at radius 2 is 1.80 bits per heavy atom. The summed E-state index contributed by atoms with van der Waals surface area (Å²) in [5.74, 6) is -0.104. The van der Waals surface area contributed by atoms with E-state index in [1.807, 2.05) is 36.4 Å². The smallest absolute Gasteiger partial charge is 0.185 e. The first-order chi connectivity index (χ1) is 14.6. The summed E-state index contributed by atoms with van der Waals surface area (Å²) in [6, 6.07) is 10.3. The summed E-state index contributed by atoms with van der Waals surface area (Å²) >= 11 is 0. The molecule has 0 fully saturated rings. The standard InChI is InChI=1S/C28H23NO/c1-4-7-11-24(9-5-2)28(30)18-15-22-10-8-12-26-25(19-22)20-27(29-26)23-16-13-21(6-3)14-17-23/h4-7,9-20,29H,1-3H2/b11-7+,18-15+,24-9+. The van der Waals surface area contributed by atoms with Gasteiger partial charge in [-0.1, -0.05) is 86.5 Å². The van der Waals surface area contributed by atoms with Gasteiger partial charge >= 0.3 is 0 Å². The van der Waals surface area contributed by atoms with Gasteiger partial charge in [-0.2, -0.15) is 0 Å². The second-order valence-corrected chi connectivity index (χ2v) is 6.63. The van der Waals surface area contributed by atoms with Crippen molar-refractivity contribution in [2.24, 2.45) is 0 Å². The monoisotopic (exact) mass is 389 g/mol. The molecule has 1 aromatic carbocycles. The molecule has 3 rings (SSSR count). The van der Waals surface area contributed by atoms with Crippen molar-refractivity contribution in [3.8, 4) is 11.3 Å². The van der Waals surface area contributed by atoms with Gasteiger partial charge in [0, 0.05) is 22.9 Å². The van der Waals surface area contributed by atoms with Gasteiger partial charge in [0.15, 0.2) is 5.78 Å². The van der Waals surface area contributed by atoms with Gasteiger partial charge in [-0.3, -0.25) is 4.79 Å². The summed E-state index contributed by atoms with van der Waals surface area (Å²) in [5, 5.41) is 0. The van der Waals surface area contributed by atoms with E-state index in [1.54, 1.807) is 42.5 Å². The Labute approximate surface area is 177 Å². The topological polar surface area (TPSA) is 32.9 Å². The van der Waals surface area contributed by atoms with Crippen LogP contribution in [0.2, 0.25) is 0 Å². The Balaban J connectivity index is 1.86. The van der Waals surface area contributed by atoms with E-state index in [0.717, 1.165) is 33.7 Å². The number of H-pyrrole nitrogens is 1. The number of fused-ring (bicyclic) bond motifs is 1. The number of rotatable bonds is 8. The molecule has 1 aliphatic carbocycles. The Bertz CT molecular complexity index is 1170. The van der Waals surface area contributed by atoms with Crippen molar-refractivity contribution in [3.05, 3.63) is 132 Å². The zero-order chi connectivity index (χ0) is 21.3. The van der Waals surface area contributed by atoms with Crippen LogP contribution in [0, 0.1) is 0 Å². The van der Waals surface area contributed by atoms with Crippen LogP contribution in [0.25, 0.3) is 29.5 Å². The molecule has 0 saturated carbocycles. The third kappa shape index (κ3) is 5.02. The predicted molar refractivity (Wildman–Crippen MR) is 129 cm³/mol. The molecule has 30 heavy (non-hydrogen) atoms. The normalized spacial score (nSPS) is 13.2. The van der Waals surface area contributed by atoms with E-state index < -0.39 is 0 Å². The molecule has 0 radical (unpaired) electrons. The molecule has 0 amide bonds. The van der Waals surface area contributed by atoms with Crippen LogP contribution < -0.4 is 0 Å². The van der Waals surface area contributed by atoms with Gasteiger partial charge in [0.25, 0.3) is 0 Å². The lowest BCUT2D eigenvalue weighted by molar-refractivity contribution is -0.111. The molecular weight excluding hydrogens is 366 g/mol. The van der Waals surface area contributed by atoms with Gasteiger partial charge in [0.1, 0.15) is 0 Å². The molecule has 0 unspecified atom stereocenters. The minimum absolute atomic E-state index is 0.104. The molecule has 0 spiro atoms. The maximum absolute atomic E-state index is 12.5. The first kappa shape index (κ1) is 20.6. The van der Waals surface area contributed by atoms with E-state index >= 15 is 0 Å². The Hall–Kier alpha value is -4.13. The number of aromatic nitrogens is 1. The average molecular weight is 389 g/mol. The van der Waals surface area contributed by atoms with E-state index in [1.165, 1.54) is 0 Å². The molecule has 0 bridgehead atoms. The molecule has 2 heteroatoms. The highest BCUT2D eigenvalue weighted by molar-refractivity contribution is 6.06. The molecule has 1 aromatic heterocycles. The molecule has 2 nitrogen and oxygen atoms in total. The van der Waals surface area contributed by atoms with Gasteiger partial charge in [-0.25, -0.2) is 0 Å². The van der Waals surface area contributed by atoms with E-state index in [0.29, 0.717) is 5.57 Å². The minimum atomic E-state index is -0.104. The van der Waals surface area contributed by atoms with Crippen LogP contribution in [0.1, 0.15) is 16.8 Å². The number of benzene rings is 1. The summed E-state index contributed by atoms with van der Waals surface area (Å²) < 4.78 is 0. The fourth-order valence-corrected chi connectivity index (χ4v) is 3.01. The number of aromatic amines is 1. The van der Waals surface area contributed by atoms with Crippen molar-refractivity contribution < 1.29 is 4.79 Å². The van der Waals surface area contributed by atoms with Gasteiger partial charge in [-0.15, -0.1) is 5.73 Å². The lowest BCUT2D eigenvalue weighted by Crippen LogP contribution is -1.95. The summed E-state index contributed by atoms with van der Waals surface area (Å²) in [7, 11) is 0. The largest absolute Gasteiger partial charge is 0.354 e. The first-order valence-electron chi connectivity index (χ1n) is 9.59. The highest BCUT2D eigenvalue weighted by Crippen LogP contribution is 2.26. The number of hydrogen-bond donors (Lipinski definition) is 1. The molecule has 0 atom stereocenters. The lowest BCUT2D eigenvalue weighted by atomic mass is 10.1. The van der Waals surface area contributed by atoms with E-state index in [-0.39, 0.29) is 5.78 Å². The molecule has 0 saturated heterocycles. The molecule has 1 N–H and O–H groups in total. The molecular formula is C28H23NO. The summed E-state index contributed by atoms with van der Waals surface area (Å²) in [6.07, 6.45) is 19.3. The molecule has 1 heterocycles. The van der Waals surface area contributed by atoms with Crippen molar-refractivity contribution in [1.29, 1.82) is 0 Å². The van der Waals surface area contributed by atoms with Crippen molar-refractivity contribution >= 4 is 24.0 Å². The Morgan fingerprint density at radius 1 is 1.00 bits per heavy atom. The Morgan fingerprint density at radius 3 is 2.50 bits per heavy atom. The fourth-order valence-electron chi connectivity index (χ4n) is 3.01. The van der Waals surface area contributed by atoms with E-state index in [9.17, 15) is 4.79 Å². The molecule has 146 valence electrons. The van der Waals surface area contributed by atoms with Crippen molar-refractivity contribution in [3.63, 3.8) is 0 Å². The molecule has 1 aliphatic rings. The number of ketones is 1. The third-order valence-electron chi connectivity index (χ3n) is 4.56. The van der Waals surface area contributed by atoms with Crippen LogP contribution in [0.3, 0.4) is 0 Å². The van der Waals surface area contributed by atoms with Crippen LogP contribution in [0.15, 0.2) is 116 Å². The summed E-state index contributed by atoms with van der Waals surface area (Å²) in [5.41, 5.74) is 9.82. The molecule has 2 aromatic rings. The van der Waals surface area contributed by atoms with Crippen LogP contribution >= 0.6 is 0 Å². The second-order valence-electron chi connectivity index (χ2n) is 6.63. The molecule has 0 aliphatic heterocycles. The third-order valence-corrected chi connectivity index (χ3v) is 4.56. The summed E-state index contributed by atoms with van der Waals surface area (Å²) in [4.78, 5) is 15.9. The van der Waals surface area contributed by atoms with Crippen LogP contribution in [-0.2, 0) is 4.79 Å². The zero-order valence-electron chi connectivity index (χ0n) is 16.8. The van der Waals surface area contributed by atoms with Crippen LogP contribution in [0.4, 0.5) is 0 Å². The maximum atomic E-state index is 12.5. The number of carbonyl (C=O) groups is 1. The van der Waals surface area contributed by atoms with Crippen molar-refractivity contribution in [2.75, 3.05) is 0 Å². The summed E-state index contributed by atoms with van der Waals surface area (Å²) in [6.45, 7) is 11.1. The number of carbonyl (C=O) groups excluding carboxylic acids is 1. The van der Waals surface area contributed by atoms with Gasteiger partial charge < -0.3 is 4.98 Å². The van der Waals surface area contributed by atoms with E-state index in [2.05, 4.69) is 48.7 Å². The second kappa shape index (κ2) is 9.88. The van der Waals surface area contributed by atoms with Crippen molar-refractivity contribution in [2.45, 2.75) is 0 Å².